The van der Waals surface area contributed by atoms with Gasteiger partial charge < -0.3 is 4.74 Å². The third kappa shape index (κ3) is 2.62. The Kier molecular flexibility index (Phi) is 4.06. The van der Waals surface area contributed by atoms with Crippen LogP contribution in [0.2, 0.25) is 0 Å². The first-order chi connectivity index (χ1) is 10.1. The number of methoxy groups -OCH3 is 1. The fourth-order valence-corrected chi connectivity index (χ4v) is 4.27. The van der Waals surface area contributed by atoms with Gasteiger partial charge >= 0.3 is 5.97 Å². The van der Waals surface area contributed by atoms with Crippen LogP contribution in [0.3, 0.4) is 0 Å². The number of hydrogen-bond acceptors (Lipinski definition) is 6. The van der Waals surface area contributed by atoms with Gasteiger partial charge in [0.1, 0.15) is 23.1 Å². The molecule has 0 bridgehead atoms. The molecule has 0 radical (unpaired) electrons. The van der Waals surface area contributed by atoms with Gasteiger partial charge in [-0.25, -0.2) is 0 Å². The predicted octanol–water partition coefficient (Wildman–Crippen LogP) is 1.04. The lowest BCUT2D eigenvalue weighted by Crippen LogP contribution is -2.55. The summed E-state index contributed by atoms with van der Waals surface area (Å²) in [5.74, 6) is -2.64. The number of esters is 1. The van der Waals surface area contributed by atoms with Crippen molar-refractivity contribution in [2.24, 2.45) is 16.7 Å². The van der Waals surface area contributed by atoms with Crippen LogP contribution in [0.25, 0.3) is 0 Å². The molecule has 2 aliphatic carbocycles. The maximum atomic E-state index is 12.5. The van der Waals surface area contributed by atoms with Crippen LogP contribution in [0.15, 0.2) is 0 Å². The smallest absolute Gasteiger partial charge is 0.311 e. The molecule has 1 atom stereocenters. The van der Waals surface area contributed by atoms with Gasteiger partial charge in [0.25, 0.3) is 0 Å². The van der Waals surface area contributed by atoms with Crippen LogP contribution in [0.5, 0.6) is 0 Å². The number of carbonyl (C=O) groups excluding carboxylic acids is 5. The quantitative estimate of drug-likeness (QED) is 0.559. The van der Waals surface area contributed by atoms with Gasteiger partial charge in [0, 0.05) is 30.6 Å². The van der Waals surface area contributed by atoms with Crippen molar-refractivity contribution >= 4 is 29.1 Å². The molecule has 0 heterocycles. The Bertz CT molecular complexity index is 539. The molecule has 2 aliphatic rings. The number of hydrogen-bond donors (Lipinski definition) is 0. The molecule has 2 saturated carbocycles. The first-order valence-electron chi connectivity index (χ1n) is 7.28. The summed E-state index contributed by atoms with van der Waals surface area (Å²) in [6.45, 7) is 3.14. The second-order valence-corrected chi connectivity index (χ2v) is 6.97. The van der Waals surface area contributed by atoms with E-state index < -0.39 is 22.7 Å². The molecule has 0 aromatic heterocycles. The van der Waals surface area contributed by atoms with E-state index in [1.165, 1.54) is 7.11 Å². The van der Waals surface area contributed by atoms with E-state index in [1.807, 2.05) is 0 Å². The van der Waals surface area contributed by atoms with Crippen molar-refractivity contribution < 1.29 is 28.7 Å². The van der Waals surface area contributed by atoms with E-state index >= 15 is 0 Å². The molecular formula is C16H20O6. The summed E-state index contributed by atoms with van der Waals surface area (Å²) in [4.78, 5) is 60.4. The standard InChI is InChI=1S/C16H20O6/c1-15(2,14(21)22-3)13-12(20)5-11(19)8-16(13)6-9(17)4-10(18)7-16/h13H,4-8H2,1-3H3. The predicted molar refractivity (Wildman–Crippen MR) is 74.8 cm³/mol. The average Bonchev–Trinajstić information content (AvgIpc) is 2.34. The van der Waals surface area contributed by atoms with Gasteiger partial charge in [-0.3, -0.25) is 24.0 Å². The van der Waals surface area contributed by atoms with E-state index in [-0.39, 0.29) is 55.2 Å². The second kappa shape index (κ2) is 5.41. The van der Waals surface area contributed by atoms with Gasteiger partial charge in [-0.05, 0) is 13.8 Å². The Morgan fingerprint density at radius 1 is 1.00 bits per heavy atom. The Hall–Kier alpha value is -1.85. The number of ketones is 4. The van der Waals surface area contributed by atoms with Gasteiger partial charge in [-0.2, -0.15) is 0 Å². The van der Waals surface area contributed by atoms with Crippen LogP contribution in [0.1, 0.15) is 46.0 Å². The second-order valence-electron chi connectivity index (χ2n) is 6.97. The summed E-state index contributed by atoms with van der Waals surface area (Å²) in [7, 11) is 1.23. The molecule has 0 aromatic carbocycles. The largest absolute Gasteiger partial charge is 0.469 e. The third-order valence-electron chi connectivity index (χ3n) is 4.78. The number of Topliss-reactive ketones (excluding diaryl/α,β-unsaturated/α-hetero) is 4. The lowest BCUT2D eigenvalue weighted by atomic mass is 9.51. The summed E-state index contributed by atoms with van der Waals surface area (Å²) in [6.07, 6.45) is -0.450. The Labute approximate surface area is 128 Å². The highest BCUT2D eigenvalue weighted by molar-refractivity contribution is 6.09. The Morgan fingerprint density at radius 2 is 1.45 bits per heavy atom. The van der Waals surface area contributed by atoms with Crippen molar-refractivity contribution in [1.82, 2.24) is 0 Å². The van der Waals surface area contributed by atoms with Crippen molar-refractivity contribution in [3.8, 4) is 0 Å². The minimum atomic E-state index is -1.19. The molecule has 120 valence electrons. The highest BCUT2D eigenvalue weighted by Crippen LogP contribution is 2.53. The molecule has 0 aromatic rings. The zero-order valence-electron chi connectivity index (χ0n) is 13.1. The van der Waals surface area contributed by atoms with Crippen molar-refractivity contribution in [3.05, 3.63) is 0 Å². The van der Waals surface area contributed by atoms with Gasteiger partial charge in [0.2, 0.25) is 0 Å². The van der Waals surface area contributed by atoms with Gasteiger partial charge in [-0.1, -0.05) is 0 Å². The maximum absolute atomic E-state index is 12.5. The van der Waals surface area contributed by atoms with E-state index in [9.17, 15) is 24.0 Å². The van der Waals surface area contributed by atoms with E-state index in [4.69, 9.17) is 4.74 Å². The van der Waals surface area contributed by atoms with E-state index in [1.54, 1.807) is 13.8 Å². The Morgan fingerprint density at radius 3 is 1.91 bits per heavy atom. The van der Waals surface area contributed by atoms with E-state index in [2.05, 4.69) is 0 Å². The first kappa shape index (κ1) is 16.5. The van der Waals surface area contributed by atoms with Crippen LogP contribution in [0, 0.1) is 16.7 Å². The highest BCUT2D eigenvalue weighted by Gasteiger charge is 2.59. The van der Waals surface area contributed by atoms with E-state index in [0.29, 0.717) is 0 Å². The van der Waals surface area contributed by atoms with Crippen LogP contribution in [0.4, 0.5) is 0 Å². The third-order valence-corrected chi connectivity index (χ3v) is 4.78. The highest BCUT2D eigenvalue weighted by atomic mass is 16.5. The van der Waals surface area contributed by atoms with Crippen molar-refractivity contribution in [3.63, 3.8) is 0 Å². The summed E-state index contributed by atoms with van der Waals surface area (Å²) < 4.78 is 4.79. The van der Waals surface area contributed by atoms with Gasteiger partial charge in [0.15, 0.2) is 0 Å². The molecule has 22 heavy (non-hydrogen) atoms. The molecule has 1 unspecified atom stereocenters. The number of carbonyl (C=O) groups is 5. The fraction of sp³-hybridized carbons (Fsp3) is 0.688. The number of ether oxygens (including phenoxy) is 1. The van der Waals surface area contributed by atoms with Crippen LogP contribution in [-0.2, 0) is 28.7 Å². The summed E-state index contributed by atoms with van der Waals surface area (Å²) in [6, 6.07) is 0. The molecule has 6 nitrogen and oxygen atoms in total. The summed E-state index contributed by atoms with van der Waals surface area (Å²) in [5.41, 5.74) is -2.26. The molecule has 1 spiro atoms. The summed E-state index contributed by atoms with van der Waals surface area (Å²) in [5, 5.41) is 0. The molecular weight excluding hydrogens is 288 g/mol. The number of rotatable bonds is 2. The normalized spacial score (nSPS) is 25.5. The lowest BCUT2D eigenvalue weighted by molar-refractivity contribution is -0.169. The minimum absolute atomic E-state index is 0.0126. The van der Waals surface area contributed by atoms with Gasteiger partial charge in [0.05, 0.1) is 25.4 Å². The maximum Gasteiger partial charge on any atom is 0.311 e. The monoisotopic (exact) mass is 308 g/mol. The van der Waals surface area contributed by atoms with E-state index in [0.717, 1.165) is 0 Å². The molecule has 0 aliphatic heterocycles. The van der Waals surface area contributed by atoms with Crippen molar-refractivity contribution in [2.75, 3.05) is 7.11 Å². The topological polar surface area (TPSA) is 94.6 Å². The molecule has 0 N–H and O–H groups in total. The fourth-order valence-electron chi connectivity index (χ4n) is 4.27. The molecule has 2 rings (SSSR count). The molecule has 0 saturated heterocycles. The average molecular weight is 308 g/mol. The van der Waals surface area contributed by atoms with Crippen LogP contribution >= 0.6 is 0 Å². The SMILES string of the molecule is COC(=O)C(C)(C)C1C(=O)CC(=O)CC12CC(=O)CC(=O)C2. The zero-order valence-corrected chi connectivity index (χ0v) is 13.1. The van der Waals surface area contributed by atoms with Crippen LogP contribution in [-0.4, -0.2) is 36.2 Å². The molecule has 0 amide bonds. The van der Waals surface area contributed by atoms with Crippen molar-refractivity contribution in [1.29, 1.82) is 0 Å². The minimum Gasteiger partial charge on any atom is -0.469 e. The van der Waals surface area contributed by atoms with Crippen LogP contribution < -0.4 is 0 Å². The molecule has 6 heteroatoms. The lowest BCUT2D eigenvalue weighted by Gasteiger charge is -2.49. The summed E-state index contributed by atoms with van der Waals surface area (Å²) >= 11 is 0. The van der Waals surface area contributed by atoms with Crippen molar-refractivity contribution in [2.45, 2.75) is 46.0 Å². The van der Waals surface area contributed by atoms with Gasteiger partial charge in [-0.15, -0.1) is 0 Å². The Balaban J connectivity index is 2.53. The zero-order chi connectivity index (χ0) is 16.7. The first-order valence-corrected chi connectivity index (χ1v) is 7.28. The molecule has 2 fully saturated rings.